The fourth-order valence-corrected chi connectivity index (χ4v) is 4.28. The van der Waals surface area contributed by atoms with E-state index >= 15 is 4.39 Å². The van der Waals surface area contributed by atoms with Crippen LogP contribution < -0.4 is 0 Å². The summed E-state index contributed by atoms with van der Waals surface area (Å²) in [6, 6.07) is 0. The Morgan fingerprint density at radius 3 is 1.84 bits per heavy atom. The van der Waals surface area contributed by atoms with Crippen LogP contribution in [0.4, 0.5) is 4.39 Å². The number of allylic oxidation sites excluding steroid dienone is 7. The van der Waals surface area contributed by atoms with Crippen LogP contribution >= 0.6 is 0 Å². The van der Waals surface area contributed by atoms with E-state index in [1.165, 1.54) is 0 Å². The van der Waals surface area contributed by atoms with Gasteiger partial charge in [0, 0.05) is 28.1 Å². The predicted molar refractivity (Wildman–Crippen MR) is 140 cm³/mol. The smallest absolute Gasteiger partial charge is 0.136 e. The van der Waals surface area contributed by atoms with Crippen molar-refractivity contribution in [3.63, 3.8) is 0 Å². The number of nitrogens with one attached hydrogen (secondary N) is 1. The minimum atomic E-state index is -0.319. The van der Waals surface area contributed by atoms with E-state index in [0.29, 0.717) is 23.2 Å². The normalized spacial score (nSPS) is 13.1. The summed E-state index contributed by atoms with van der Waals surface area (Å²) >= 11 is 0. The van der Waals surface area contributed by atoms with Gasteiger partial charge in [-0.25, -0.2) is 4.39 Å². The Bertz CT molecular complexity index is 1060. The van der Waals surface area contributed by atoms with Gasteiger partial charge in [0.1, 0.15) is 5.82 Å². The van der Waals surface area contributed by atoms with Crippen LogP contribution in [0.15, 0.2) is 51.2 Å². The number of hydrogen-bond donors (Lipinski definition) is 1. The fourth-order valence-electron chi connectivity index (χ4n) is 4.28. The van der Waals surface area contributed by atoms with Crippen molar-refractivity contribution in [2.24, 2.45) is 4.99 Å². The van der Waals surface area contributed by atoms with Gasteiger partial charge in [0.2, 0.25) is 0 Å². The Balaban J connectivity index is 4.17. The highest BCUT2D eigenvalue weighted by Gasteiger charge is 2.27. The summed E-state index contributed by atoms with van der Waals surface area (Å²) < 4.78 is 16.1. The summed E-state index contributed by atoms with van der Waals surface area (Å²) in [6.07, 6.45) is 3.44. The molecule has 0 unspecified atom stereocenters. The second-order valence-corrected chi connectivity index (χ2v) is 8.76. The van der Waals surface area contributed by atoms with Crippen molar-refractivity contribution in [1.82, 2.24) is 0 Å². The largest absolute Gasteiger partial charge is 0.300 e. The first kappa shape index (κ1) is 27.5. The average Bonchev–Trinajstić information content (AvgIpc) is 2.73. The molecule has 0 aliphatic rings. The molecule has 0 heterocycles. The van der Waals surface area contributed by atoms with Crippen molar-refractivity contribution < 1.29 is 4.39 Å². The number of halogens is 1. The zero-order chi connectivity index (χ0) is 24.9. The molecule has 0 saturated heterocycles. The molecule has 32 heavy (non-hydrogen) atoms. The van der Waals surface area contributed by atoms with Crippen molar-refractivity contribution in [3.8, 4) is 0 Å². The van der Waals surface area contributed by atoms with Crippen LogP contribution in [0.3, 0.4) is 0 Å². The number of rotatable bonds is 8. The van der Waals surface area contributed by atoms with Crippen LogP contribution in [0.2, 0.25) is 0 Å². The summed E-state index contributed by atoms with van der Waals surface area (Å²) in [6.45, 7) is 25.8. The Hall–Kier alpha value is -2.55. The summed E-state index contributed by atoms with van der Waals surface area (Å²) in [5.74, 6) is -0.319. The Kier molecular flexibility index (Phi) is 9.75. The molecule has 0 radical (unpaired) electrons. The molecule has 174 valence electrons. The molecule has 0 amide bonds. The maximum atomic E-state index is 16.1. The first-order valence-electron chi connectivity index (χ1n) is 11.5. The highest BCUT2D eigenvalue weighted by molar-refractivity contribution is 6.16. The molecule has 0 aliphatic carbocycles. The van der Waals surface area contributed by atoms with Gasteiger partial charge in [-0.1, -0.05) is 37.6 Å². The minimum absolute atomic E-state index is 0.260. The SMILES string of the molecule is C=C(C)N=C(C)c1c(C)c(F)c(C(=N)/C(C(C)=C(C)C)=C(C)\C(C)=C/C)c(CC)c1CC. The molecule has 2 nitrogen and oxygen atoms in total. The number of aliphatic imine (C=N–C) groups is 1. The van der Waals surface area contributed by atoms with Gasteiger partial charge in [0.05, 0.1) is 5.71 Å². The summed E-state index contributed by atoms with van der Waals surface area (Å²) in [4.78, 5) is 4.53. The lowest BCUT2D eigenvalue weighted by Crippen LogP contribution is -2.19. The van der Waals surface area contributed by atoms with Crippen molar-refractivity contribution in [2.45, 2.75) is 89.0 Å². The van der Waals surface area contributed by atoms with Crippen LogP contribution in [-0.2, 0) is 12.8 Å². The monoisotopic (exact) mass is 436 g/mol. The molecule has 0 saturated carbocycles. The van der Waals surface area contributed by atoms with Gasteiger partial charge in [-0.3, -0.25) is 10.4 Å². The van der Waals surface area contributed by atoms with Crippen LogP contribution in [0.25, 0.3) is 0 Å². The van der Waals surface area contributed by atoms with Crippen molar-refractivity contribution in [2.75, 3.05) is 0 Å². The molecule has 0 bridgehead atoms. The molecule has 1 rings (SSSR count). The molecule has 0 atom stereocenters. The Morgan fingerprint density at radius 1 is 0.938 bits per heavy atom. The van der Waals surface area contributed by atoms with E-state index in [0.717, 1.165) is 56.7 Å². The van der Waals surface area contributed by atoms with Crippen molar-refractivity contribution >= 4 is 11.4 Å². The van der Waals surface area contributed by atoms with E-state index in [9.17, 15) is 5.41 Å². The van der Waals surface area contributed by atoms with E-state index in [4.69, 9.17) is 0 Å². The molecule has 3 heteroatoms. The van der Waals surface area contributed by atoms with Gasteiger partial charge in [-0.15, -0.1) is 0 Å². The molecule has 0 fully saturated rings. The second-order valence-electron chi connectivity index (χ2n) is 8.76. The fraction of sp³-hybridized carbons (Fsp3) is 0.448. The lowest BCUT2D eigenvalue weighted by atomic mass is 9.81. The molecule has 1 N–H and O–H groups in total. The molecule has 1 aromatic rings. The summed E-state index contributed by atoms with van der Waals surface area (Å²) in [7, 11) is 0. The van der Waals surface area contributed by atoms with E-state index in [-0.39, 0.29) is 11.5 Å². The zero-order valence-corrected chi connectivity index (χ0v) is 22.0. The third kappa shape index (κ3) is 5.43. The second kappa shape index (κ2) is 11.4. The maximum absolute atomic E-state index is 16.1. The lowest BCUT2D eigenvalue weighted by Gasteiger charge is -2.24. The van der Waals surface area contributed by atoms with Crippen LogP contribution in [-0.4, -0.2) is 11.4 Å². The molecule has 0 aromatic heterocycles. The number of nitrogens with zero attached hydrogens (tertiary/aromatic N) is 1. The van der Waals surface area contributed by atoms with E-state index in [2.05, 4.69) is 18.5 Å². The van der Waals surface area contributed by atoms with Gasteiger partial charge < -0.3 is 0 Å². The van der Waals surface area contributed by atoms with Crippen LogP contribution in [0, 0.1) is 18.2 Å². The number of hydrogen-bond acceptors (Lipinski definition) is 2. The first-order chi connectivity index (χ1) is 14.8. The quantitative estimate of drug-likeness (QED) is 0.313. The average molecular weight is 437 g/mol. The lowest BCUT2D eigenvalue weighted by molar-refractivity contribution is 0.611. The van der Waals surface area contributed by atoms with E-state index in [1.807, 2.05) is 68.4 Å². The maximum Gasteiger partial charge on any atom is 0.136 e. The van der Waals surface area contributed by atoms with Gasteiger partial charge >= 0.3 is 0 Å². The third-order valence-corrected chi connectivity index (χ3v) is 6.34. The summed E-state index contributed by atoms with van der Waals surface area (Å²) in [5.41, 5.74) is 10.6. The topological polar surface area (TPSA) is 36.2 Å². The van der Waals surface area contributed by atoms with Crippen molar-refractivity contribution in [1.29, 1.82) is 5.41 Å². The van der Waals surface area contributed by atoms with Gasteiger partial charge in [-0.05, 0) is 103 Å². The summed E-state index contributed by atoms with van der Waals surface area (Å²) in [5, 5.41) is 9.25. The highest BCUT2D eigenvalue weighted by atomic mass is 19.1. The van der Waals surface area contributed by atoms with Gasteiger partial charge in [0.25, 0.3) is 0 Å². The van der Waals surface area contributed by atoms with Gasteiger partial charge in [-0.2, -0.15) is 0 Å². The molecule has 1 aromatic carbocycles. The van der Waals surface area contributed by atoms with E-state index in [1.54, 1.807) is 6.92 Å². The molecular weight excluding hydrogens is 395 g/mol. The highest BCUT2D eigenvalue weighted by Crippen LogP contribution is 2.34. The van der Waals surface area contributed by atoms with Gasteiger partial charge in [0.15, 0.2) is 0 Å². The van der Waals surface area contributed by atoms with Crippen LogP contribution in [0.1, 0.15) is 97.1 Å². The standard InChI is InChI=1S/C29H41FN2/c1-13-18(8)20(10)25(19(9)16(4)5)29(31)27-24(15-3)23(14-2)26(21(11)28(27)30)22(12)32-17(6)7/h13,31H,6,14-15H2,1-5,7-12H3/b18-13-,25-20-,31-29?,32-22?. The minimum Gasteiger partial charge on any atom is -0.300 e. The molecular formula is C29H41FN2. The van der Waals surface area contributed by atoms with Crippen LogP contribution in [0.5, 0.6) is 0 Å². The Morgan fingerprint density at radius 2 is 1.44 bits per heavy atom. The molecule has 0 spiro atoms. The third-order valence-electron chi connectivity index (χ3n) is 6.34. The molecule has 0 aliphatic heterocycles. The first-order valence-corrected chi connectivity index (χ1v) is 11.5. The predicted octanol–water partition coefficient (Wildman–Crippen LogP) is 8.61. The Labute approximate surface area is 195 Å². The van der Waals surface area contributed by atoms with Crippen molar-refractivity contribution in [3.05, 3.63) is 79.9 Å². The van der Waals surface area contributed by atoms with E-state index < -0.39 is 0 Å². The zero-order valence-electron chi connectivity index (χ0n) is 22.0. The number of benzene rings is 1.